The topological polar surface area (TPSA) is 60.7 Å². The molecule has 0 radical (unpaired) electrons. The van der Waals surface area contributed by atoms with Crippen molar-refractivity contribution in [3.63, 3.8) is 0 Å². The summed E-state index contributed by atoms with van der Waals surface area (Å²) in [5, 5.41) is 21.5. The van der Waals surface area contributed by atoms with Crippen molar-refractivity contribution >= 4 is 7.32 Å². The Morgan fingerprint density at radius 3 is 1.00 bits per heavy atom. The molecule has 3 nitrogen and oxygen atoms in total. The second-order valence-corrected chi connectivity index (χ2v) is 0.346. The van der Waals surface area contributed by atoms with Crippen LogP contribution in [0.3, 0.4) is 0 Å². The molecule has 3 N–H and O–H groups in total. The van der Waals surface area contributed by atoms with Crippen molar-refractivity contribution in [1.82, 2.24) is 0 Å². The van der Waals surface area contributed by atoms with Gasteiger partial charge in [0.05, 0.1) is 0 Å². The van der Waals surface area contributed by atoms with Gasteiger partial charge in [0.15, 0.2) is 0 Å². The molecule has 0 aromatic rings. The van der Waals surface area contributed by atoms with Gasteiger partial charge in [-0.1, -0.05) is 0 Å². The van der Waals surface area contributed by atoms with E-state index in [1.54, 1.807) is 0 Å². The van der Waals surface area contributed by atoms with E-state index in [1.807, 2.05) is 0 Å². The minimum atomic E-state index is -2.17. The van der Waals surface area contributed by atoms with Crippen molar-refractivity contribution in [3.8, 4) is 0 Å². The molecule has 0 fully saturated rings. The Labute approximate surface area is 64.5 Å². The van der Waals surface area contributed by atoms with Gasteiger partial charge in [0.25, 0.3) is 0 Å². The number of rotatable bonds is 0. The van der Waals surface area contributed by atoms with Gasteiger partial charge in [-0.2, -0.15) is 0 Å². The summed E-state index contributed by atoms with van der Waals surface area (Å²) in [4.78, 5) is 0. The third-order valence-electron chi connectivity index (χ3n) is 0. The maximum absolute atomic E-state index is 7.17. The van der Waals surface area contributed by atoms with Crippen LogP contribution in [-0.2, 0) is 42.1 Å². The molecule has 0 heterocycles. The molecule has 36 valence electrons. The summed E-state index contributed by atoms with van der Waals surface area (Å²) >= 11 is 0. The Balaban J connectivity index is -0.0000000450. The van der Waals surface area contributed by atoms with Crippen molar-refractivity contribution in [2.75, 3.05) is 0 Å². The standard InChI is InChI=1S/BH3O3.Mo.W/c2-1(3)4;;/h2-4H;;. The van der Waals surface area contributed by atoms with Crippen LogP contribution in [0.2, 0.25) is 0 Å². The molecule has 0 saturated carbocycles. The molecule has 0 unspecified atom stereocenters. The Hall–Kier alpha value is 1.32. The van der Waals surface area contributed by atoms with E-state index in [0.29, 0.717) is 0 Å². The Morgan fingerprint density at radius 1 is 1.00 bits per heavy atom. The summed E-state index contributed by atoms with van der Waals surface area (Å²) in [7, 11) is -2.17. The van der Waals surface area contributed by atoms with Crippen LogP contribution in [0.4, 0.5) is 0 Å². The SMILES string of the molecule is OB(O)O.[Mo].[W]. The maximum atomic E-state index is 7.17. The Kier molecular flexibility index (Phi) is 25.0. The predicted octanol–water partition coefficient (Wildman–Crippen LogP) is -2.06. The first-order chi connectivity index (χ1) is 1.73. The molecule has 0 aliphatic rings. The van der Waals surface area contributed by atoms with Gasteiger partial charge in [-0.05, 0) is 0 Å². The smallest absolute Gasteiger partial charge is 0.402 e. The monoisotopic (exact) mass is 344 g/mol. The third-order valence-corrected chi connectivity index (χ3v) is 0. The van der Waals surface area contributed by atoms with Crippen LogP contribution in [-0.4, -0.2) is 22.4 Å². The minimum Gasteiger partial charge on any atom is -0.402 e. The molecule has 0 aliphatic heterocycles. The van der Waals surface area contributed by atoms with Crippen molar-refractivity contribution in [1.29, 1.82) is 0 Å². The Morgan fingerprint density at radius 2 is 1.00 bits per heavy atom. The van der Waals surface area contributed by atoms with E-state index in [1.165, 1.54) is 0 Å². The van der Waals surface area contributed by atoms with E-state index in [0.717, 1.165) is 0 Å². The summed E-state index contributed by atoms with van der Waals surface area (Å²) in [5.41, 5.74) is 0. The summed E-state index contributed by atoms with van der Waals surface area (Å²) in [6.07, 6.45) is 0. The van der Waals surface area contributed by atoms with Gasteiger partial charge in [0.2, 0.25) is 0 Å². The van der Waals surface area contributed by atoms with Gasteiger partial charge >= 0.3 is 7.32 Å². The van der Waals surface area contributed by atoms with E-state index in [-0.39, 0.29) is 42.1 Å². The van der Waals surface area contributed by atoms with E-state index >= 15 is 0 Å². The van der Waals surface area contributed by atoms with Gasteiger partial charge in [0, 0.05) is 42.1 Å². The summed E-state index contributed by atoms with van der Waals surface area (Å²) in [6, 6.07) is 0. The van der Waals surface area contributed by atoms with Crippen LogP contribution in [0.15, 0.2) is 0 Å². The number of hydrogen-bond donors (Lipinski definition) is 3. The summed E-state index contributed by atoms with van der Waals surface area (Å²) in [6.45, 7) is 0. The average molecular weight is 342 g/mol. The summed E-state index contributed by atoms with van der Waals surface area (Å²) in [5.74, 6) is 0. The van der Waals surface area contributed by atoms with E-state index in [2.05, 4.69) is 0 Å². The molecule has 0 aromatic heterocycles. The van der Waals surface area contributed by atoms with Gasteiger partial charge in [-0.15, -0.1) is 0 Å². The zero-order valence-electron chi connectivity index (χ0n) is 2.74. The van der Waals surface area contributed by atoms with Crippen molar-refractivity contribution in [2.45, 2.75) is 0 Å². The van der Waals surface area contributed by atoms with Crippen LogP contribution in [0.1, 0.15) is 0 Å². The number of hydrogen-bond acceptors (Lipinski definition) is 3. The molecule has 0 saturated heterocycles. The normalized spacial score (nSPS) is 4.50. The van der Waals surface area contributed by atoms with Crippen LogP contribution in [0.5, 0.6) is 0 Å². The van der Waals surface area contributed by atoms with E-state index < -0.39 is 7.32 Å². The molecule has 0 spiro atoms. The van der Waals surface area contributed by atoms with Gasteiger partial charge in [-0.25, -0.2) is 0 Å². The first kappa shape index (κ1) is 15.7. The Bertz CT molecular complexity index is 15.5. The first-order valence-electron chi connectivity index (χ1n) is 0.775. The van der Waals surface area contributed by atoms with Crippen molar-refractivity contribution in [3.05, 3.63) is 0 Å². The van der Waals surface area contributed by atoms with Crippen LogP contribution in [0, 0.1) is 0 Å². The van der Waals surface area contributed by atoms with E-state index in [9.17, 15) is 0 Å². The van der Waals surface area contributed by atoms with E-state index in [4.69, 9.17) is 15.1 Å². The van der Waals surface area contributed by atoms with Gasteiger partial charge in [-0.3, -0.25) is 0 Å². The van der Waals surface area contributed by atoms with Crippen molar-refractivity contribution in [2.24, 2.45) is 0 Å². The molecule has 0 aliphatic carbocycles. The molecule has 0 atom stereocenters. The fourth-order valence-electron chi connectivity index (χ4n) is 0. The van der Waals surface area contributed by atoms with Crippen molar-refractivity contribution < 1.29 is 57.2 Å². The maximum Gasteiger partial charge on any atom is 0.631 e. The molecule has 6 heteroatoms. The largest absolute Gasteiger partial charge is 0.631 e. The molecular weight excluding hydrogens is 339 g/mol. The fourth-order valence-corrected chi connectivity index (χ4v) is 0. The molecule has 6 heavy (non-hydrogen) atoms. The fraction of sp³-hybridized carbons (Fsp3) is 0. The molecule has 0 aromatic carbocycles. The van der Waals surface area contributed by atoms with Crippen LogP contribution < -0.4 is 0 Å². The molecule has 0 bridgehead atoms. The third kappa shape index (κ3) is 56.9. The van der Waals surface area contributed by atoms with Crippen LogP contribution in [0.25, 0.3) is 0 Å². The zero-order valence-corrected chi connectivity index (χ0v) is 7.68. The molecule has 0 amide bonds. The van der Waals surface area contributed by atoms with Crippen LogP contribution >= 0.6 is 0 Å². The average Bonchev–Trinajstić information content (AvgIpc) is 0.811. The quantitative estimate of drug-likeness (QED) is 0.444. The zero-order chi connectivity index (χ0) is 3.58. The predicted molar refractivity (Wildman–Crippen MR) is 12.4 cm³/mol. The second kappa shape index (κ2) is 9.59. The van der Waals surface area contributed by atoms with Gasteiger partial charge < -0.3 is 15.1 Å². The molecular formula is H3BMoO3W. The summed E-state index contributed by atoms with van der Waals surface area (Å²) < 4.78 is 0. The second-order valence-electron chi connectivity index (χ2n) is 0.346. The minimum absolute atomic E-state index is 0. The van der Waals surface area contributed by atoms with Gasteiger partial charge in [0.1, 0.15) is 0 Å². The molecule has 0 rings (SSSR count). The first-order valence-corrected chi connectivity index (χ1v) is 0.775.